The molecule has 1 atom stereocenters. The summed E-state index contributed by atoms with van der Waals surface area (Å²) in [5.41, 5.74) is 2.54. The van der Waals surface area contributed by atoms with E-state index in [1.54, 1.807) is 55.6 Å². The quantitative estimate of drug-likeness (QED) is 0.355. The summed E-state index contributed by atoms with van der Waals surface area (Å²) in [4.78, 5) is 51.7. The van der Waals surface area contributed by atoms with Gasteiger partial charge in [0, 0.05) is 0 Å². The van der Waals surface area contributed by atoms with Gasteiger partial charge in [-0.25, -0.2) is 4.79 Å². The third-order valence-electron chi connectivity index (χ3n) is 6.60. The smallest absolute Gasteiger partial charge is 0.338 e. The summed E-state index contributed by atoms with van der Waals surface area (Å²) in [6.45, 7) is -0.389. The molecule has 3 amide bonds. The molecule has 0 radical (unpaired) electrons. The van der Waals surface area contributed by atoms with Crippen molar-refractivity contribution in [3.8, 4) is 5.75 Å². The van der Waals surface area contributed by atoms with Gasteiger partial charge in [-0.15, -0.1) is 0 Å². The zero-order valence-electron chi connectivity index (χ0n) is 20.3. The number of ether oxygens (including phenoxy) is 2. The first-order valence-electron chi connectivity index (χ1n) is 12.1. The van der Waals surface area contributed by atoms with E-state index in [1.165, 1.54) is 0 Å². The molecule has 1 N–H and O–H groups in total. The minimum absolute atomic E-state index is 0.0267. The Morgan fingerprint density at radius 3 is 2.24 bits per heavy atom. The van der Waals surface area contributed by atoms with Crippen molar-refractivity contribution in [3.05, 3.63) is 101 Å². The van der Waals surface area contributed by atoms with Crippen molar-refractivity contribution < 1.29 is 28.7 Å². The van der Waals surface area contributed by atoms with Crippen molar-refractivity contribution in [1.29, 1.82) is 0 Å². The van der Waals surface area contributed by atoms with Crippen molar-refractivity contribution in [1.82, 2.24) is 10.2 Å². The van der Waals surface area contributed by atoms with Crippen molar-refractivity contribution in [2.45, 2.75) is 25.4 Å². The molecular formula is C29H26N2O6. The molecule has 8 nitrogen and oxygen atoms in total. The topological polar surface area (TPSA) is 102 Å². The van der Waals surface area contributed by atoms with E-state index in [0.29, 0.717) is 22.6 Å². The predicted molar refractivity (Wildman–Crippen MR) is 134 cm³/mol. The first kappa shape index (κ1) is 24.2. The average molecular weight is 499 g/mol. The van der Waals surface area contributed by atoms with Crippen LogP contribution in [0.15, 0.2) is 72.8 Å². The van der Waals surface area contributed by atoms with E-state index in [9.17, 15) is 19.2 Å². The van der Waals surface area contributed by atoms with E-state index in [2.05, 4.69) is 5.32 Å². The van der Waals surface area contributed by atoms with Crippen LogP contribution in [0, 0.1) is 5.92 Å². The van der Waals surface area contributed by atoms with E-state index >= 15 is 0 Å². The standard InChI is InChI=1S/C29H26N2O6/c1-36-22-13-11-20(12-14-22)26(19-9-10-19)30-25(32)17-37-29(35)21-6-4-5-18(15-21)16-31-27(33)23-7-2-3-8-24(23)28(31)34/h2-8,11-15,19,26H,9-10,16-17H2,1H3,(H,30,32). The van der Waals surface area contributed by atoms with E-state index in [4.69, 9.17) is 9.47 Å². The molecule has 188 valence electrons. The van der Waals surface area contributed by atoms with Gasteiger partial charge in [-0.2, -0.15) is 0 Å². The maximum absolute atomic E-state index is 12.7. The average Bonchev–Trinajstić information content (AvgIpc) is 3.75. The fourth-order valence-electron chi connectivity index (χ4n) is 4.51. The molecule has 2 aliphatic rings. The Morgan fingerprint density at radius 1 is 0.946 bits per heavy atom. The summed E-state index contributed by atoms with van der Waals surface area (Å²) in [5, 5.41) is 2.98. The van der Waals surface area contributed by atoms with E-state index in [1.807, 2.05) is 24.3 Å². The lowest BCUT2D eigenvalue weighted by atomic mass is 10.0. The summed E-state index contributed by atoms with van der Waals surface area (Å²) in [6.07, 6.45) is 2.05. The molecule has 0 aromatic heterocycles. The highest BCUT2D eigenvalue weighted by atomic mass is 16.5. The molecule has 8 heteroatoms. The second-order valence-electron chi connectivity index (χ2n) is 9.17. The molecule has 3 aromatic carbocycles. The first-order chi connectivity index (χ1) is 17.9. The number of esters is 1. The number of carbonyl (C=O) groups is 4. The van der Waals surface area contributed by atoms with E-state index < -0.39 is 12.6 Å². The SMILES string of the molecule is COc1ccc(C(NC(=O)COC(=O)c2cccc(CN3C(=O)c4ccccc4C3=O)c2)C2CC2)cc1. The largest absolute Gasteiger partial charge is 0.497 e. The number of nitrogens with zero attached hydrogens (tertiary/aromatic N) is 1. The van der Waals surface area contributed by atoms with E-state index in [0.717, 1.165) is 29.1 Å². The number of methoxy groups -OCH3 is 1. The molecule has 1 aliphatic heterocycles. The maximum atomic E-state index is 12.7. The molecule has 0 bridgehead atoms. The van der Waals surface area contributed by atoms with Gasteiger partial charge in [-0.1, -0.05) is 36.4 Å². The minimum atomic E-state index is -0.660. The Labute approximate surface area is 214 Å². The van der Waals surface area contributed by atoms with Gasteiger partial charge in [0.1, 0.15) is 5.75 Å². The van der Waals surface area contributed by atoms with Gasteiger partial charge in [0.2, 0.25) is 0 Å². The van der Waals surface area contributed by atoms with Crippen molar-refractivity contribution >= 4 is 23.7 Å². The van der Waals surface area contributed by atoms with Crippen LogP contribution in [0.3, 0.4) is 0 Å². The Kier molecular flexibility index (Phi) is 6.72. The van der Waals surface area contributed by atoms with Crippen LogP contribution in [0.5, 0.6) is 5.75 Å². The number of nitrogens with one attached hydrogen (secondary N) is 1. The van der Waals surface area contributed by atoms with Gasteiger partial charge < -0.3 is 14.8 Å². The molecule has 1 fully saturated rings. The van der Waals surface area contributed by atoms with Crippen LogP contribution >= 0.6 is 0 Å². The number of benzene rings is 3. The highest BCUT2D eigenvalue weighted by Crippen LogP contribution is 2.41. The van der Waals surface area contributed by atoms with Crippen LogP contribution in [-0.4, -0.2) is 42.3 Å². The number of rotatable bonds is 9. The lowest BCUT2D eigenvalue weighted by Crippen LogP contribution is -2.33. The maximum Gasteiger partial charge on any atom is 0.338 e. The molecule has 3 aromatic rings. The molecule has 1 heterocycles. The second-order valence-corrected chi connectivity index (χ2v) is 9.17. The number of imide groups is 1. The van der Waals surface area contributed by atoms with Gasteiger partial charge in [0.25, 0.3) is 17.7 Å². The highest BCUT2D eigenvalue weighted by molar-refractivity contribution is 6.21. The van der Waals surface area contributed by atoms with Crippen LogP contribution in [0.4, 0.5) is 0 Å². The summed E-state index contributed by atoms with van der Waals surface area (Å²) < 4.78 is 10.5. The van der Waals surface area contributed by atoms with Crippen molar-refractivity contribution in [2.75, 3.05) is 13.7 Å². The minimum Gasteiger partial charge on any atom is -0.497 e. The molecule has 5 rings (SSSR count). The number of amides is 3. The number of hydrogen-bond acceptors (Lipinski definition) is 6. The zero-order valence-corrected chi connectivity index (χ0v) is 20.3. The van der Waals surface area contributed by atoms with E-state index in [-0.39, 0.29) is 35.9 Å². The molecule has 0 spiro atoms. The Bertz CT molecular complexity index is 1330. The van der Waals surface area contributed by atoms with Gasteiger partial charge in [-0.3, -0.25) is 19.3 Å². The van der Waals surface area contributed by atoms with Crippen LogP contribution in [0.25, 0.3) is 0 Å². The molecule has 37 heavy (non-hydrogen) atoms. The zero-order chi connectivity index (χ0) is 25.9. The van der Waals surface area contributed by atoms with Crippen LogP contribution < -0.4 is 10.1 Å². The van der Waals surface area contributed by atoms with Gasteiger partial charge in [0.15, 0.2) is 6.61 Å². The van der Waals surface area contributed by atoms with Crippen LogP contribution in [-0.2, 0) is 16.1 Å². The third kappa shape index (κ3) is 5.23. The molecular weight excluding hydrogens is 472 g/mol. The molecule has 0 saturated heterocycles. The molecule has 1 saturated carbocycles. The Hall–Kier alpha value is -4.46. The number of fused-ring (bicyclic) bond motifs is 1. The number of hydrogen-bond donors (Lipinski definition) is 1. The highest BCUT2D eigenvalue weighted by Gasteiger charge is 2.35. The van der Waals surface area contributed by atoms with Gasteiger partial charge in [-0.05, 0) is 66.3 Å². The second kappa shape index (κ2) is 10.3. The third-order valence-corrected chi connectivity index (χ3v) is 6.60. The fraction of sp³-hybridized carbons (Fsp3) is 0.241. The normalized spacial score (nSPS) is 15.2. The Balaban J connectivity index is 1.18. The lowest BCUT2D eigenvalue weighted by molar-refractivity contribution is -0.125. The summed E-state index contributed by atoms with van der Waals surface area (Å²) >= 11 is 0. The van der Waals surface area contributed by atoms with Gasteiger partial charge >= 0.3 is 5.97 Å². The lowest BCUT2D eigenvalue weighted by Gasteiger charge is -2.19. The summed E-state index contributed by atoms with van der Waals surface area (Å²) in [5.74, 6) is -0.689. The predicted octanol–water partition coefficient (Wildman–Crippen LogP) is 3.92. The van der Waals surface area contributed by atoms with Gasteiger partial charge in [0.05, 0.1) is 36.4 Å². The number of carbonyl (C=O) groups excluding carboxylic acids is 4. The molecule has 1 unspecified atom stereocenters. The van der Waals surface area contributed by atoms with Crippen LogP contribution in [0.2, 0.25) is 0 Å². The molecule has 1 aliphatic carbocycles. The van der Waals surface area contributed by atoms with Crippen LogP contribution in [0.1, 0.15) is 61.1 Å². The monoisotopic (exact) mass is 498 g/mol. The fourth-order valence-corrected chi connectivity index (χ4v) is 4.51. The van der Waals surface area contributed by atoms with Crippen molar-refractivity contribution in [2.24, 2.45) is 5.92 Å². The Morgan fingerprint density at radius 2 is 1.62 bits per heavy atom. The summed E-state index contributed by atoms with van der Waals surface area (Å²) in [7, 11) is 1.60. The first-order valence-corrected chi connectivity index (χ1v) is 12.1. The van der Waals surface area contributed by atoms with Crippen molar-refractivity contribution in [3.63, 3.8) is 0 Å². The summed E-state index contributed by atoms with van der Waals surface area (Å²) in [6, 6.07) is 20.6.